The number of carbonyl (C=O) groups is 1. The summed E-state index contributed by atoms with van der Waals surface area (Å²) in [6, 6.07) is 20.7. The first kappa shape index (κ1) is 13.6. The Morgan fingerprint density at radius 2 is 1.48 bits per heavy atom. The summed E-state index contributed by atoms with van der Waals surface area (Å²) in [6.45, 7) is 0. The summed E-state index contributed by atoms with van der Waals surface area (Å²) < 4.78 is 4.89. The van der Waals surface area contributed by atoms with E-state index in [1.54, 1.807) is 0 Å². The fraction of sp³-hybridized carbons (Fsp3) is 0.211. The van der Waals surface area contributed by atoms with Gasteiger partial charge in [0.25, 0.3) is 0 Å². The lowest BCUT2D eigenvalue weighted by molar-refractivity contribution is -0.136. The van der Waals surface area contributed by atoms with Crippen LogP contribution in [0, 0.1) is 0 Å². The number of methoxy groups -OCH3 is 1. The van der Waals surface area contributed by atoms with Gasteiger partial charge in [-0.05, 0) is 24.0 Å². The molecule has 106 valence electrons. The number of esters is 1. The lowest BCUT2D eigenvalue weighted by Gasteiger charge is -2.28. The molecule has 0 heterocycles. The number of rotatable bonds is 3. The summed E-state index contributed by atoms with van der Waals surface area (Å²) >= 11 is 0. The molecule has 0 amide bonds. The molecule has 3 rings (SSSR count). The molecule has 0 unspecified atom stereocenters. The van der Waals surface area contributed by atoms with E-state index >= 15 is 0 Å². The maximum atomic E-state index is 11.9. The SMILES string of the molecule is COC(=O)C1=CC(c2ccccc2)(c2ccccc2)CC1. The molecule has 0 fully saturated rings. The molecule has 0 saturated heterocycles. The van der Waals surface area contributed by atoms with Gasteiger partial charge in [-0.2, -0.15) is 0 Å². The average molecular weight is 278 g/mol. The Morgan fingerprint density at radius 1 is 0.952 bits per heavy atom. The lowest BCUT2D eigenvalue weighted by Crippen LogP contribution is -2.22. The molecule has 0 N–H and O–H groups in total. The average Bonchev–Trinajstić information content (AvgIpc) is 3.02. The summed E-state index contributed by atoms with van der Waals surface area (Å²) in [4.78, 5) is 11.9. The quantitative estimate of drug-likeness (QED) is 0.797. The van der Waals surface area contributed by atoms with Crippen LogP contribution in [-0.2, 0) is 14.9 Å². The molecule has 0 aromatic heterocycles. The van der Waals surface area contributed by atoms with Gasteiger partial charge >= 0.3 is 5.97 Å². The van der Waals surface area contributed by atoms with Gasteiger partial charge in [0.05, 0.1) is 7.11 Å². The standard InChI is InChI=1S/C19H18O2/c1-21-18(20)15-12-13-19(14-15,16-8-4-2-5-9-16)17-10-6-3-7-11-17/h2-11,14H,12-13H2,1H3. The second kappa shape index (κ2) is 5.57. The molecule has 2 nitrogen and oxygen atoms in total. The van der Waals surface area contributed by atoms with Crippen molar-refractivity contribution in [3.05, 3.63) is 83.4 Å². The van der Waals surface area contributed by atoms with Crippen molar-refractivity contribution in [3.8, 4) is 0 Å². The highest BCUT2D eigenvalue weighted by molar-refractivity contribution is 5.89. The van der Waals surface area contributed by atoms with Crippen molar-refractivity contribution in [3.63, 3.8) is 0 Å². The van der Waals surface area contributed by atoms with E-state index in [-0.39, 0.29) is 11.4 Å². The van der Waals surface area contributed by atoms with Gasteiger partial charge in [-0.1, -0.05) is 66.7 Å². The second-order valence-electron chi connectivity index (χ2n) is 5.36. The first-order valence-corrected chi connectivity index (χ1v) is 7.17. The van der Waals surface area contributed by atoms with E-state index in [1.807, 2.05) is 36.4 Å². The van der Waals surface area contributed by atoms with Crippen molar-refractivity contribution < 1.29 is 9.53 Å². The maximum Gasteiger partial charge on any atom is 0.333 e. The summed E-state index contributed by atoms with van der Waals surface area (Å²) in [5.74, 6) is -0.219. The number of carbonyl (C=O) groups excluding carboxylic acids is 1. The van der Waals surface area contributed by atoms with Gasteiger partial charge in [-0.3, -0.25) is 0 Å². The Balaban J connectivity index is 2.14. The highest BCUT2D eigenvalue weighted by Gasteiger charge is 2.38. The molecule has 2 aromatic carbocycles. The topological polar surface area (TPSA) is 26.3 Å². The number of hydrogen-bond acceptors (Lipinski definition) is 2. The van der Waals surface area contributed by atoms with Crippen LogP contribution in [0.2, 0.25) is 0 Å². The van der Waals surface area contributed by atoms with Crippen molar-refractivity contribution in [1.29, 1.82) is 0 Å². The minimum Gasteiger partial charge on any atom is -0.466 e. The van der Waals surface area contributed by atoms with Crippen LogP contribution in [0.1, 0.15) is 24.0 Å². The van der Waals surface area contributed by atoms with E-state index in [0.29, 0.717) is 0 Å². The minimum absolute atomic E-state index is 0.219. The van der Waals surface area contributed by atoms with Crippen LogP contribution in [0.3, 0.4) is 0 Å². The molecule has 0 radical (unpaired) electrons. The smallest absolute Gasteiger partial charge is 0.333 e. The van der Waals surface area contributed by atoms with Gasteiger partial charge < -0.3 is 4.74 Å². The summed E-state index contributed by atoms with van der Waals surface area (Å²) in [5, 5.41) is 0. The number of hydrogen-bond donors (Lipinski definition) is 0. The van der Waals surface area contributed by atoms with Gasteiger partial charge in [-0.25, -0.2) is 4.79 Å². The first-order chi connectivity index (χ1) is 10.3. The van der Waals surface area contributed by atoms with Crippen LogP contribution in [-0.4, -0.2) is 13.1 Å². The number of allylic oxidation sites excluding steroid dienone is 1. The first-order valence-electron chi connectivity index (χ1n) is 7.17. The molecule has 0 saturated carbocycles. The predicted molar refractivity (Wildman–Crippen MR) is 83.0 cm³/mol. The molecule has 0 atom stereocenters. The zero-order valence-corrected chi connectivity index (χ0v) is 12.1. The molecule has 2 aromatic rings. The Kier molecular flexibility index (Phi) is 3.61. The minimum atomic E-state index is -0.230. The molecule has 0 bridgehead atoms. The Morgan fingerprint density at radius 3 is 1.95 bits per heavy atom. The van der Waals surface area contributed by atoms with Gasteiger partial charge in [0.15, 0.2) is 0 Å². The van der Waals surface area contributed by atoms with E-state index in [1.165, 1.54) is 18.2 Å². The fourth-order valence-electron chi connectivity index (χ4n) is 3.16. The van der Waals surface area contributed by atoms with Crippen LogP contribution in [0.25, 0.3) is 0 Å². The van der Waals surface area contributed by atoms with E-state index in [2.05, 4.69) is 30.3 Å². The molecular weight excluding hydrogens is 260 g/mol. The van der Waals surface area contributed by atoms with Crippen molar-refractivity contribution in [2.75, 3.05) is 7.11 Å². The molecular formula is C19H18O2. The Bertz CT molecular complexity index is 617. The zero-order chi connectivity index (χ0) is 14.7. The summed E-state index contributed by atoms with van der Waals surface area (Å²) in [7, 11) is 1.44. The molecule has 0 aliphatic heterocycles. The van der Waals surface area contributed by atoms with Crippen molar-refractivity contribution >= 4 is 5.97 Å². The lowest BCUT2D eigenvalue weighted by atomic mass is 9.74. The summed E-state index contributed by atoms with van der Waals surface area (Å²) in [5.41, 5.74) is 2.97. The highest BCUT2D eigenvalue weighted by Crippen LogP contribution is 2.44. The maximum absolute atomic E-state index is 11.9. The number of ether oxygens (including phenoxy) is 1. The molecule has 0 spiro atoms. The monoisotopic (exact) mass is 278 g/mol. The van der Waals surface area contributed by atoms with E-state index in [0.717, 1.165) is 18.4 Å². The second-order valence-corrected chi connectivity index (χ2v) is 5.36. The van der Waals surface area contributed by atoms with Crippen LogP contribution < -0.4 is 0 Å². The van der Waals surface area contributed by atoms with Crippen LogP contribution in [0.15, 0.2) is 72.3 Å². The van der Waals surface area contributed by atoms with Crippen molar-refractivity contribution in [2.45, 2.75) is 18.3 Å². The van der Waals surface area contributed by atoms with E-state index in [4.69, 9.17) is 4.74 Å². The van der Waals surface area contributed by atoms with Crippen LogP contribution in [0.4, 0.5) is 0 Å². The fourth-order valence-corrected chi connectivity index (χ4v) is 3.16. The molecule has 2 heteroatoms. The highest BCUT2D eigenvalue weighted by atomic mass is 16.5. The Hall–Kier alpha value is -2.35. The van der Waals surface area contributed by atoms with Gasteiger partial charge in [0.2, 0.25) is 0 Å². The van der Waals surface area contributed by atoms with Crippen LogP contribution >= 0.6 is 0 Å². The largest absolute Gasteiger partial charge is 0.466 e. The third-order valence-corrected chi connectivity index (χ3v) is 4.23. The normalized spacial score (nSPS) is 16.3. The Labute approximate surface area is 125 Å². The van der Waals surface area contributed by atoms with Gasteiger partial charge in [0, 0.05) is 11.0 Å². The summed E-state index contributed by atoms with van der Waals surface area (Å²) in [6.07, 6.45) is 3.73. The zero-order valence-electron chi connectivity index (χ0n) is 12.1. The number of benzene rings is 2. The van der Waals surface area contributed by atoms with Crippen molar-refractivity contribution in [1.82, 2.24) is 0 Å². The van der Waals surface area contributed by atoms with E-state index in [9.17, 15) is 4.79 Å². The van der Waals surface area contributed by atoms with E-state index < -0.39 is 0 Å². The van der Waals surface area contributed by atoms with Crippen molar-refractivity contribution in [2.24, 2.45) is 0 Å². The third kappa shape index (κ3) is 2.38. The molecule has 21 heavy (non-hydrogen) atoms. The van der Waals surface area contributed by atoms with Gasteiger partial charge in [-0.15, -0.1) is 0 Å². The molecule has 1 aliphatic carbocycles. The predicted octanol–water partition coefficient (Wildman–Crippen LogP) is 3.87. The third-order valence-electron chi connectivity index (χ3n) is 4.23. The molecule has 1 aliphatic rings. The van der Waals surface area contributed by atoms with Gasteiger partial charge in [0.1, 0.15) is 0 Å². The van der Waals surface area contributed by atoms with Crippen LogP contribution in [0.5, 0.6) is 0 Å².